The number of hydrogen-bond acceptors (Lipinski definition) is 1. The van der Waals surface area contributed by atoms with Crippen LogP contribution in [0.25, 0.3) is 0 Å². The highest BCUT2D eigenvalue weighted by atomic mass is 19.1. The lowest BCUT2D eigenvalue weighted by atomic mass is 9.98. The van der Waals surface area contributed by atoms with Gasteiger partial charge in [-0.25, -0.2) is 4.39 Å². The molecule has 112 valence electrons. The van der Waals surface area contributed by atoms with Crippen molar-refractivity contribution in [3.05, 3.63) is 71.5 Å². The summed E-state index contributed by atoms with van der Waals surface area (Å²) >= 11 is 0. The molecule has 1 nitrogen and oxygen atoms in total. The molecule has 0 amide bonds. The maximum Gasteiger partial charge on any atom is 0.127 e. The zero-order valence-electron chi connectivity index (χ0n) is 12.7. The van der Waals surface area contributed by atoms with Crippen LogP contribution in [-0.2, 0) is 6.42 Å². The molecular formula is C19H24FN. The van der Waals surface area contributed by atoms with Crippen molar-refractivity contribution >= 4 is 0 Å². The van der Waals surface area contributed by atoms with Crippen molar-refractivity contribution in [3.8, 4) is 0 Å². The fraction of sp³-hybridized carbons (Fsp3) is 0.368. The van der Waals surface area contributed by atoms with Gasteiger partial charge in [-0.2, -0.15) is 0 Å². The second kappa shape index (κ2) is 8.58. The number of hydrogen-bond donors (Lipinski definition) is 1. The normalized spacial score (nSPS) is 12.3. The van der Waals surface area contributed by atoms with Crippen molar-refractivity contribution in [2.75, 3.05) is 6.54 Å². The Hall–Kier alpha value is -1.67. The van der Waals surface area contributed by atoms with Crippen molar-refractivity contribution in [3.63, 3.8) is 0 Å². The van der Waals surface area contributed by atoms with Crippen molar-refractivity contribution in [2.24, 2.45) is 0 Å². The maximum atomic E-state index is 14.0. The number of halogens is 1. The van der Waals surface area contributed by atoms with Gasteiger partial charge in [-0.05, 0) is 43.9 Å². The Kier molecular flexibility index (Phi) is 6.42. The molecule has 0 aromatic heterocycles. The van der Waals surface area contributed by atoms with Gasteiger partial charge in [0, 0.05) is 11.6 Å². The Bertz CT molecular complexity index is 524. The highest BCUT2D eigenvalue weighted by molar-refractivity contribution is 5.21. The summed E-state index contributed by atoms with van der Waals surface area (Å²) in [4.78, 5) is 0. The van der Waals surface area contributed by atoms with Gasteiger partial charge in [-0.15, -0.1) is 0 Å². The van der Waals surface area contributed by atoms with Crippen LogP contribution in [0.4, 0.5) is 4.39 Å². The molecule has 0 aliphatic heterocycles. The third kappa shape index (κ3) is 4.98. The molecular weight excluding hydrogens is 261 g/mol. The van der Waals surface area contributed by atoms with E-state index in [4.69, 9.17) is 0 Å². The van der Waals surface area contributed by atoms with Crippen molar-refractivity contribution in [1.82, 2.24) is 5.32 Å². The third-order valence-corrected chi connectivity index (χ3v) is 3.72. The average molecular weight is 285 g/mol. The number of rotatable bonds is 8. The van der Waals surface area contributed by atoms with Crippen LogP contribution >= 0.6 is 0 Å². The molecule has 1 N–H and O–H groups in total. The molecule has 0 radical (unpaired) electrons. The first-order chi connectivity index (χ1) is 10.3. The number of aryl methyl sites for hydroxylation is 1. The lowest BCUT2D eigenvalue weighted by Gasteiger charge is -2.19. The second-order valence-electron chi connectivity index (χ2n) is 5.41. The smallest absolute Gasteiger partial charge is 0.127 e. The molecule has 2 heteroatoms. The minimum absolute atomic E-state index is 0.106. The van der Waals surface area contributed by atoms with Crippen LogP contribution in [0.15, 0.2) is 54.6 Å². The van der Waals surface area contributed by atoms with E-state index in [2.05, 4.69) is 36.5 Å². The molecule has 0 aliphatic carbocycles. The first-order valence-electron chi connectivity index (χ1n) is 7.83. The summed E-state index contributed by atoms with van der Waals surface area (Å²) in [5.41, 5.74) is 2.14. The van der Waals surface area contributed by atoms with Crippen LogP contribution in [0.1, 0.15) is 43.4 Å². The average Bonchev–Trinajstić information content (AvgIpc) is 2.52. The Labute approximate surface area is 127 Å². The summed E-state index contributed by atoms with van der Waals surface area (Å²) in [6.45, 7) is 3.06. The van der Waals surface area contributed by atoms with E-state index in [1.54, 1.807) is 12.1 Å². The van der Waals surface area contributed by atoms with Gasteiger partial charge in [-0.1, -0.05) is 55.5 Å². The zero-order valence-corrected chi connectivity index (χ0v) is 12.7. The van der Waals surface area contributed by atoms with Crippen LogP contribution in [-0.4, -0.2) is 6.54 Å². The standard InChI is InChI=1S/C19H24FN/c1-2-15-21-19(17-12-6-7-13-18(17)20)14-8-11-16-9-4-3-5-10-16/h3-7,9-10,12-13,19,21H,2,8,11,14-15H2,1H3. The predicted molar refractivity (Wildman–Crippen MR) is 86.8 cm³/mol. The van der Waals surface area contributed by atoms with Gasteiger partial charge in [0.2, 0.25) is 0 Å². The first-order valence-corrected chi connectivity index (χ1v) is 7.83. The first kappa shape index (κ1) is 15.7. The molecule has 1 atom stereocenters. The molecule has 2 aromatic rings. The molecule has 0 spiro atoms. The summed E-state index contributed by atoms with van der Waals surface area (Å²) < 4.78 is 14.0. The number of nitrogens with one attached hydrogen (secondary N) is 1. The van der Waals surface area contributed by atoms with Gasteiger partial charge in [0.05, 0.1) is 0 Å². The summed E-state index contributed by atoms with van der Waals surface area (Å²) in [5.74, 6) is -0.106. The topological polar surface area (TPSA) is 12.0 Å². The molecule has 0 bridgehead atoms. The summed E-state index contributed by atoms with van der Waals surface area (Å²) in [6, 6.07) is 17.7. The molecule has 0 saturated carbocycles. The summed E-state index contributed by atoms with van der Waals surface area (Å²) in [6.07, 6.45) is 4.11. The molecule has 0 saturated heterocycles. The van der Waals surface area contributed by atoms with Gasteiger partial charge in [-0.3, -0.25) is 0 Å². The highest BCUT2D eigenvalue weighted by Crippen LogP contribution is 2.22. The van der Waals surface area contributed by atoms with Crippen LogP contribution in [0, 0.1) is 5.82 Å². The van der Waals surface area contributed by atoms with Gasteiger partial charge < -0.3 is 5.32 Å². The van der Waals surface area contributed by atoms with Gasteiger partial charge in [0.25, 0.3) is 0 Å². The van der Waals surface area contributed by atoms with Gasteiger partial charge >= 0.3 is 0 Å². The van der Waals surface area contributed by atoms with Crippen molar-refractivity contribution < 1.29 is 4.39 Å². The van der Waals surface area contributed by atoms with Gasteiger partial charge in [0.1, 0.15) is 5.82 Å². The lowest BCUT2D eigenvalue weighted by Crippen LogP contribution is -2.23. The lowest BCUT2D eigenvalue weighted by molar-refractivity contribution is 0.462. The quantitative estimate of drug-likeness (QED) is 0.728. The van der Waals surface area contributed by atoms with E-state index in [1.807, 2.05) is 18.2 Å². The molecule has 1 unspecified atom stereocenters. The second-order valence-corrected chi connectivity index (χ2v) is 5.41. The Morgan fingerprint density at radius 2 is 1.71 bits per heavy atom. The van der Waals surface area contributed by atoms with Crippen LogP contribution < -0.4 is 5.32 Å². The third-order valence-electron chi connectivity index (χ3n) is 3.72. The summed E-state index contributed by atoms with van der Waals surface area (Å²) in [7, 11) is 0. The number of benzene rings is 2. The fourth-order valence-electron chi connectivity index (χ4n) is 2.60. The largest absolute Gasteiger partial charge is 0.310 e. The molecule has 0 fully saturated rings. The molecule has 0 aliphatic rings. The molecule has 2 aromatic carbocycles. The Balaban J connectivity index is 1.95. The van der Waals surface area contributed by atoms with E-state index in [0.29, 0.717) is 0 Å². The minimum Gasteiger partial charge on any atom is -0.310 e. The van der Waals surface area contributed by atoms with E-state index in [1.165, 1.54) is 5.56 Å². The summed E-state index contributed by atoms with van der Waals surface area (Å²) in [5, 5.41) is 3.47. The Morgan fingerprint density at radius 1 is 1.00 bits per heavy atom. The van der Waals surface area contributed by atoms with E-state index < -0.39 is 0 Å². The monoisotopic (exact) mass is 285 g/mol. The minimum atomic E-state index is -0.106. The maximum absolute atomic E-state index is 14.0. The molecule has 2 rings (SSSR count). The van der Waals surface area contributed by atoms with Crippen molar-refractivity contribution in [1.29, 1.82) is 0 Å². The van der Waals surface area contributed by atoms with Gasteiger partial charge in [0.15, 0.2) is 0 Å². The predicted octanol–water partition coefficient (Wildman–Crippen LogP) is 4.89. The zero-order chi connectivity index (χ0) is 14.9. The fourth-order valence-corrected chi connectivity index (χ4v) is 2.60. The van der Waals surface area contributed by atoms with Crippen LogP contribution in [0.2, 0.25) is 0 Å². The van der Waals surface area contributed by atoms with E-state index in [0.717, 1.165) is 37.8 Å². The SMILES string of the molecule is CCCNC(CCCc1ccccc1)c1ccccc1F. The highest BCUT2D eigenvalue weighted by Gasteiger charge is 2.14. The molecule has 21 heavy (non-hydrogen) atoms. The van der Waals surface area contributed by atoms with Crippen LogP contribution in [0.3, 0.4) is 0 Å². The van der Waals surface area contributed by atoms with E-state index in [-0.39, 0.29) is 11.9 Å². The van der Waals surface area contributed by atoms with Crippen LogP contribution in [0.5, 0.6) is 0 Å². The van der Waals surface area contributed by atoms with E-state index >= 15 is 0 Å². The van der Waals surface area contributed by atoms with E-state index in [9.17, 15) is 4.39 Å². The Morgan fingerprint density at radius 3 is 2.43 bits per heavy atom. The molecule has 0 heterocycles. The van der Waals surface area contributed by atoms with Crippen molar-refractivity contribution in [2.45, 2.75) is 38.6 Å².